The second kappa shape index (κ2) is 8.69. The van der Waals surface area contributed by atoms with Crippen molar-refractivity contribution in [2.24, 2.45) is 0 Å². The Bertz CT molecular complexity index is 673. The van der Waals surface area contributed by atoms with Gasteiger partial charge in [0, 0.05) is 15.9 Å². The van der Waals surface area contributed by atoms with Crippen LogP contribution in [0.1, 0.15) is 15.2 Å². The lowest BCUT2D eigenvalue weighted by Gasteiger charge is -2.08. The van der Waals surface area contributed by atoms with Gasteiger partial charge in [-0.25, -0.2) is 4.79 Å². The number of carbonyl (C=O) groups excluding carboxylic acids is 2. The summed E-state index contributed by atoms with van der Waals surface area (Å²) in [4.78, 5) is 24.9. The number of nitrogens with one attached hydrogen (secondary N) is 1. The molecule has 1 aromatic heterocycles. The van der Waals surface area contributed by atoms with Crippen LogP contribution in [-0.4, -0.2) is 32.1 Å². The van der Waals surface area contributed by atoms with Gasteiger partial charge < -0.3 is 14.8 Å². The third-order valence-corrected chi connectivity index (χ3v) is 4.63. The first-order valence-electron chi connectivity index (χ1n) is 6.90. The van der Waals surface area contributed by atoms with Crippen LogP contribution in [0.2, 0.25) is 0 Å². The van der Waals surface area contributed by atoms with E-state index in [-0.39, 0.29) is 12.5 Å². The van der Waals surface area contributed by atoms with Gasteiger partial charge in [-0.1, -0.05) is 6.07 Å². The molecule has 0 aliphatic rings. The van der Waals surface area contributed by atoms with Crippen LogP contribution in [0.15, 0.2) is 40.2 Å². The number of thiophene rings is 1. The van der Waals surface area contributed by atoms with E-state index >= 15 is 0 Å². The zero-order valence-corrected chi connectivity index (χ0v) is 14.9. The first-order chi connectivity index (χ1) is 11.1. The fourth-order valence-corrected chi connectivity index (χ4v) is 2.95. The summed E-state index contributed by atoms with van der Waals surface area (Å²) < 4.78 is 10.7. The van der Waals surface area contributed by atoms with E-state index in [9.17, 15) is 9.59 Å². The summed E-state index contributed by atoms with van der Waals surface area (Å²) in [6, 6.07) is 8.95. The fraction of sp³-hybridized carbons (Fsp3) is 0.250. The molecule has 5 nitrogen and oxygen atoms in total. The maximum Gasteiger partial charge on any atom is 0.339 e. The van der Waals surface area contributed by atoms with Gasteiger partial charge in [0.1, 0.15) is 5.75 Å². The molecule has 1 N–H and O–H groups in total. The van der Waals surface area contributed by atoms with Gasteiger partial charge in [-0.3, -0.25) is 4.79 Å². The molecular formula is C16H16BrNO4S. The van der Waals surface area contributed by atoms with Crippen LogP contribution >= 0.6 is 27.3 Å². The van der Waals surface area contributed by atoms with E-state index < -0.39 is 5.97 Å². The highest BCUT2D eigenvalue weighted by Crippen LogP contribution is 2.23. The molecule has 0 atom stereocenters. The van der Waals surface area contributed by atoms with Gasteiger partial charge in [0.2, 0.25) is 0 Å². The van der Waals surface area contributed by atoms with Crippen molar-refractivity contribution < 1.29 is 19.1 Å². The molecule has 1 amide bonds. The summed E-state index contributed by atoms with van der Waals surface area (Å²) in [5.74, 6) is -0.362. The van der Waals surface area contributed by atoms with Gasteiger partial charge in [0.15, 0.2) is 6.61 Å². The van der Waals surface area contributed by atoms with Crippen LogP contribution in [0.3, 0.4) is 0 Å². The molecule has 7 heteroatoms. The fourth-order valence-electron chi connectivity index (χ4n) is 1.83. The van der Waals surface area contributed by atoms with Gasteiger partial charge in [-0.2, -0.15) is 0 Å². The lowest BCUT2D eigenvalue weighted by molar-refractivity contribution is -0.124. The third kappa shape index (κ3) is 5.37. The monoisotopic (exact) mass is 397 g/mol. The molecule has 0 saturated carbocycles. The maximum atomic E-state index is 12.0. The molecule has 0 aliphatic heterocycles. The number of ether oxygens (including phenoxy) is 2. The number of halogens is 1. The number of rotatable bonds is 7. The van der Waals surface area contributed by atoms with Crippen LogP contribution < -0.4 is 10.1 Å². The minimum Gasteiger partial charge on any atom is -0.497 e. The molecule has 2 aromatic rings. The van der Waals surface area contributed by atoms with Crippen molar-refractivity contribution in [3.05, 3.63) is 50.6 Å². The summed E-state index contributed by atoms with van der Waals surface area (Å²) in [6.45, 7) is 0.201. The highest BCUT2D eigenvalue weighted by Gasteiger charge is 2.14. The Labute approximate surface area is 146 Å². The molecule has 0 bridgehead atoms. The Morgan fingerprint density at radius 2 is 2.13 bits per heavy atom. The Morgan fingerprint density at radius 3 is 2.83 bits per heavy atom. The summed E-state index contributed by atoms with van der Waals surface area (Å²) in [5.41, 5.74) is 0.315. The van der Waals surface area contributed by atoms with Crippen molar-refractivity contribution in [1.29, 1.82) is 0 Å². The van der Waals surface area contributed by atoms with Gasteiger partial charge in [0.25, 0.3) is 5.91 Å². The quantitative estimate of drug-likeness (QED) is 0.729. The average molecular weight is 398 g/mol. The number of benzene rings is 1. The number of methoxy groups -OCH3 is 1. The molecule has 23 heavy (non-hydrogen) atoms. The summed E-state index contributed by atoms with van der Waals surface area (Å²) in [6.07, 6.45) is 0.763. The van der Waals surface area contributed by atoms with E-state index in [2.05, 4.69) is 21.2 Å². The van der Waals surface area contributed by atoms with E-state index in [1.807, 2.05) is 17.5 Å². The van der Waals surface area contributed by atoms with E-state index in [0.717, 1.165) is 6.42 Å². The van der Waals surface area contributed by atoms with E-state index in [1.165, 1.54) is 12.0 Å². The molecule has 0 aliphatic carbocycles. The molecule has 1 heterocycles. The van der Waals surface area contributed by atoms with Crippen molar-refractivity contribution in [2.45, 2.75) is 6.42 Å². The molecular weight excluding hydrogens is 382 g/mol. The first kappa shape index (κ1) is 17.5. The zero-order chi connectivity index (χ0) is 16.7. The van der Waals surface area contributed by atoms with Crippen molar-refractivity contribution in [2.75, 3.05) is 20.3 Å². The molecule has 0 radical (unpaired) electrons. The second-order valence-corrected chi connectivity index (χ2v) is 6.49. The number of hydrogen-bond acceptors (Lipinski definition) is 5. The second-order valence-electron chi connectivity index (χ2n) is 4.60. The lowest BCUT2D eigenvalue weighted by Crippen LogP contribution is -2.30. The van der Waals surface area contributed by atoms with Gasteiger partial charge in [-0.15, -0.1) is 11.3 Å². The molecule has 1 aromatic carbocycles. The number of hydrogen-bond donors (Lipinski definition) is 1. The van der Waals surface area contributed by atoms with Crippen molar-refractivity contribution in [1.82, 2.24) is 5.32 Å². The Hall–Kier alpha value is -1.86. The number of amides is 1. The van der Waals surface area contributed by atoms with E-state index in [0.29, 0.717) is 22.3 Å². The number of carbonyl (C=O) groups is 2. The Kier molecular flexibility index (Phi) is 6.61. The standard InChI is InChI=1S/C16H16BrNO4S/c1-21-11-4-5-14(17)13(9-11)16(20)22-10-15(19)18-7-6-12-3-2-8-23-12/h2-5,8-9H,6-7,10H2,1H3,(H,18,19). The predicted octanol–water partition coefficient (Wildman–Crippen LogP) is 3.03. The van der Waals surface area contributed by atoms with Crippen molar-refractivity contribution in [3.63, 3.8) is 0 Å². The van der Waals surface area contributed by atoms with Crippen LogP contribution in [-0.2, 0) is 16.0 Å². The average Bonchev–Trinajstić information content (AvgIpc) is 3.06. The molecule has 0 spiro atoms. The molecule has 2 rings (SSSR count). The smallest absolute Gasteiger partial charge is 0.339 e. The van der Waals surface area contributed by atoms with Gasteiger partial charge in [0.05, 0.1) is 12.7 Å². The van der Waals surface area contributed by atoms with Gasteiger partial charge >= 0.3 is 5.97 Å². The highest BCUT2D eigenvalue weighted by atomic mass is 79.9. The minimum absolute atomic E-state index is 0.313. The van der Waals surface area contributed by atoms with Crippen LogP contribution in [0.25, 0.3) is 0 Å². The highest BCUT2D eigenvalue weighted by molar-refractivity contribution is 9.10. The number of esters is 1. The molecule has 0 fully saturated rings. The largest absolute Gasteiger partial charge is 0.497 e. The van der Waals surface area contributed by atoms with Crippen molar-refractivity contribution >= 4 is 39.1 Å². The Balaban J connectivity index is 1.78. The van der Waals surface area contributed by atoms with E-state index in [1.54, 1.807) is 29.5 Å². The maximum absolute atomic E-state index is 12.0. The normalized spacial score (nSPS) is 10.2. The van der Waals surface area contributed by atoms with Crippen molar-refractivity contribution in [3.8, 4) is 5.75 Å². The molecule has 0 saturated heterocycles. The van der Waals surface area contributed by atoms with Crippen LogP contribution in [0.4, 0.5) is 0 Å². The minimum atomic E-state index is -0.579. The summed E-state index contributed by atoms with van der Waals surface area (Å²) in [7, 11) is 1.51. The summed E-state index contributed by atoms with van der Waals surface area (Å²) >= 11 is 4.92. The zero-order valence-electron chi connectivity index (χ0n) is 12.5. The Morgan fingerprint density at radius 1 is 1.30 bits per heavy atom. The topological polar surface area (TPSA) is 64.6 Å². The lowest BCUT2D eigenvalue weighted by atomic mass is 10.2. The third-order valence-electron chi connectivity index (χ3n) is 3.00. The van der Waals surface area contributed by atoms with Gasteiger partial charge in [-0.05, 0) is 52.0 Å². The van der Waals surface area contributed by atoms with E-state index in [4.69, 9.17) is 9.47 Å². The van der Waals surface area contributed by atoms with Crippen LogP contribution in [0, 0.1) is 0 Å². The SMILES string of the molecule is COc1ccc(Br)c(C(=O)OCC(=O)NCCc2cccs2)c1. The van der Waals surface area contributed by atoms with Crippen LogP contribution in [0.5, 0.6) is 5.75 Å². The molecule has 122 valence electrons. The first-order valence-corrected chi connectivity index (χ1v) is 8.57. The molecule has 0 unspecified atom stereocenters. The summed E-state index contributed by atoms with van der Waals surface area (Å²) in [5, 5.41) is 4.71. The predicted molar refractivity (Wildman–Crippen MR) is 92.0 cm³/mol.